The van der Waals surface area contributed by atoms with Crippen LogP contribution in [0.3, 0.4) is 0 Å². The Morgan fingerprint density at radius 2 is 2.15 bits per heavy atom. The lowest BCUT2D eigenvalue weighted by Gasteiger charge is -2.35. The average molecular weight is 184 g/mol. The predicted molar refractivity (Wildman–Crippen MR) is 51.7 cm³/mol. The molecule has 0 radical (unpaired) electrons. The highest BCUT2D eigenvalue weighted by Gasteiger charge is 2.53. The molecule has 0 aromatic heterocycles. The minimum atomic E-state index is 0.293. The van der Waals surface area contributed by atoms with Crippen LogP contribution in [-0.2, 0) is 9.47 Å². The summed E-state index contributed by atoms with van der Waals surface area (Å²) in [5, 5.41) is 0. The second-order valence-corrected chi connectivity index (χ2v) is 4.67. The molecule has 2 nitrogen and oxygen atoms in total. The van der Waals surface area contributed by atoms with Gasteiger partial charge in [-0.05, 0) is 18.8 Å². The fourth-order valence-corrected chi connectivity index (χ4v) is 2.83. The van der Waals surface area contributed by atoms with Crippen LogP contribution in [0.4, 0.5) is 0 Å². The predicted octanol–water partition coefficient (Wildman–Crippen LogP) is 2.23. The van der Waals surface area contributed by atoms with Crippen molar-refractivity contribution in [3.05, 3.63) is 0 Å². The minimum absolute atomic E-state index is 0.293. The maximum absolute atomic E-state index is 5.82. The first-order chi connectivity index (χ1) is 6.20. The molecular formula is C11H20O2. The van der Waals surface area contributed by atoms with Gasteiger partial charge in [0.25, 0.3) is 0 Å². The molecule has 0 spiro atoms. The van der Waals surface area contributed by atoms with E-state index in [0.717, 1.165) is 19.6 Å². The highest BCUT2D eigenvalue weighted by molar-refractivity contribution is 5.00. The van der Waals surface area contributed by atoms with Gasteiger partial charge < -0.3 is 9.47 Å². The van der Waals surface area contributed by atoms with Crippen molar-refractivity contribution in [2.45, 2.75) is 45.8 Å². The van der Waals surface area contributed by atoms with E-state index in [-0.39, 0.29) is 0 Å². The maximum Gasteiger partial charge on any atom is 0.0917 e. The van der Waals surface area contributed by atoms with Crippen LogP contribution in [0.2, 0.25) is 0 Å². The molecule has 3 atom stereocenters. The van der Waals surface area contributed by atoms with Crippen LogP contribution < -0.4 is 0 Å². The van der Waals surface area contributed by atoms with Gasteiger partial charge in [0.1, 0.15) is 0 Å². The molecule has 0 aromatic carbocycles. The van der Waals surface area contributed by atoms with Crippen molar-refractivity contribution >= 4 is 0 Å². The monoisotopic (exact) mass is 184 g/mol. The molecular weight excluding hydrogens is 164 g/mol. The number of hydrogen-bond donors (Lipinski definition) is 0. The quantitative estimate of drug-likeness (QED) is 0.655. The first-order valence-corrected chi connectivity index (χ1v) is 5.44. The van der Waals surface area contributed by atoms with E-state index in [1.165, 1.54) is 6.42 Å². The van der Waals surface area contributed by atoms with Crippen molar-refractivity contribution in [1.29, 1.82) is 0 Å². The van der Waals surface area contributed by atoms with Gasteiger partial charge in [-0.2, -0.15) is 0 Å². The first-order valence-electron chi connectivity index (χ1n) is 5.44. The lowest BCUT2D eigenvalue weighted by Crippen LogP contribution is -2.40. The molecule has 0 N–H and O–H groups in total. The smallest absolute Gasteiger partial charge is 0.0917 e. The number of fused-ring (bicyclic) bond motifs is 1. The molecule has 76 valence electrons. The molecule has 2 heteroatoms. The van der Waals surface area contributed by atoms with Crippen LogP contribution >= 0.6 is 0 Å². The van der Waals surface area contributed by atoms with Gasteiger partial charge >= 0.3 is 0 Å². The molecule has 3 unspecified atom stereocenters. The normalized spacial score (nSPS) is 44.3. The van der Waals surface area contributed by atoms with Gasteiger partial charge in [0.15, 0.2) is 0 Å². The number of rotatable bonds is 2. The molecule has 0 aliphatic carbocycles. The van der Waals surface area contributed by atoms with Crippen molar-refractivity contribution in [2.24, 2.45) is 11.3 Å². The Kier molecular flexibility index (Phi) is 2.37. The molecule has 0 bridgehead atoms. The Bertz CT molecular complexity index is 191. The summed E-state index contributed by atoms with van der Waals surface area (Å²) in [6, 6.07) is 0. The van der Waals surface area contributed by atoms with Crippen LogP contribution in [0.5, 0.6) is 0 Å². The van der Waals surface area contributed by atoms with E-state index in [2.05, 4.69) is 20.8 Å². The van der Waals surface area contributed by atoms with Crippen molar-refractivity contribution in [1.82, 2.24) is 0 Å². The van der Waals surface area contributed by atoms with Crippen LogP contribution in [-0.4, -0.2) is 25.4 Å². The van der Waals surface area contributed by atoms with Crippen molar-refractivity contribution in [3.63, 3.8) is 0 Å². The third-order valence-corrected chi connectivity index (χ3v) is 3.98. The van der Waals surface area contributed by atoms with E-state index in [1.54, 1.807) is 0 Å². The van der Waals surface area contributed by atoms with E-state index in [4.69, 9.17) is 9.47 Å². The summed E-state index contributed by atoms with van der Waals surface area (Å²) in [5.74, 6) is 0.658. The van der Waals surface area contributed by atoms with Gasteiger partial charge in [-0.15, -0.1) is 0 Å². The average Bonchev–Trinajstić information content (AvgIpc) is 2.62. The molecule has 2 fully saturated rings. The second-order valence-electron chi connectivity index (χ2n) is 4.67. The van der Waals surface area contributed by atoms with Gasteiger partial charge in [0, 0.05) is 12.0 Å². The fraction of sp³-hybridized carbons (Fsp3) is 1.00. The molecule has 13 heavy (non-hydrogen) atoms. The van der Waals surface area contributed by atoms with E-state index in [1.807, 2.05) is 0 Å². The van der Waals surface area contributed by atoms with Gasteiger partial charge in [0.2, 0.25) is 0 Å². The summed E-state index contributed by atoms with van der Waals surface area (Å²) >= 11 is 0. The summed E-state index contributed by atoms with van der Waals surface area (Å²) in [6.45, 7) is 8.63. The van der Waals surface area contributed by atoms with Gasteiger partial charge in [-0.1, -0.05) is 20.8 Å². The summed E-state index contributed by atoms with van der Waals surface area (Å²) in [7, 11) is 0. The van der Waals surface area contributed by atoms with Gasteiger partial charge in [-0.3, -0.25) is 0 Å². The summed E-state index contributed by atoms with van der Waals surface area (Å²) < 4.78 is 11.6. The van der Waals surface area contributed by atoms with Crippen molar-refractivity contribution < 1.29 is 9.47 Å². The highest BCUT2D eigenvalue weighted by Crippen LogP contribution is 2.47. The largest absolute Gasteiger partial charge is 0.375 e. The SMILES string of the molecule is CCC1(C(C)C)COC2CCOC21. The first kappa shape index (κ1) is 9.47. The number of ether oxygens (including phenoxy) is 2. The zero-order valence-electron chi connectivity index (χ0n) is 8.88. The summed E-state index contributed by atoms with van der Waals surface area (Å²) in [6.07, 6.45) is 3.03. The van der Waals surface area contributed by atoms with Crippen molar-refractivity contribution in [3.8, 4) is 0 Å². The summed E-state index contributed by atoms with van der Waals surface area (Å²) in [4.78, 5) is 0. The molecule has 2 aliphatic heterocycles. The minimum Gasteiger partial charge on any atom is -0.375 e. The van der Waals surface area contributed by atoms with E-state index in [9.17, 15) is 0 Å². The molecule has 2 heterocycles. The van der Waals surface area contributed by atoms with E-state index < -0.39 is 0 Å². The highest BCUT2D eigenvalue weighted by atomic mass is 16.6. The molecule has 2 saturated heterocycles. The van der Waals surface area contributed by atoms with E-state index in [0.29, 0.717) is 23.5 Å². The summed E-state index contributed by atoms with van der Waals surface area (Å²) in [5.41, 5.74) is 0.293. The Balaban J connectivity index is 2.20. The second kappa shape index (κ2) is 3.25. The topological polar surface area (TPSA) is 18.5 Å². The Hall–Kier alpha value is -0.0800. The maximum atomic E-state index is 5.82. The molecule has 0 saturated carbocycles. The molecule has 0 amide bonds. The van der Waals surface area contributed by atoms with Gasteiger partial charge in [0.05, 0.1) is 18.8 Å². The Labute approximate surface area is 80.6 Å². The molecule has 2 aliphatic rings. The van der Waals surface area contributed by atoms with Gasteiger partial charge in [-0.25, -0.2) is 0 Å². The standard InChI is InChI=1S/C11H20O2/c1-4-11(8(2)3)7-13-9-5-6-12-10(9)11/h8-10H,4-7H2,1-3H3. The van der Waals surface area contributed by atoms with Crippen LogP contribution in [0.25, 0.3) is 0 Å². The van der Waals surface area contributed by atoms with Crippen LogP contribution in [0.1, 0.15) is 33.6 Å². The molecule has 0 aromatic rings. The number of hydrogen-bond acceptors (Lipinski definition) is 2. The lowest BCUT2D eigenvalue weighted by molar-refractivity contribution is -0.00916. The zero-order chi connectivity index (χ0) is 9.47. The van der Waals surface area contributed by atoms with Crippen molar-refractivity contribution in [2.75, 3.05) is 13.2 Å². The van der Waals surface area contributed by atoms with Crippen LogP contribution in [0, 0.1) is 11.3 Å². The fourth-order valence-electron chi connectivity index (χ4n) is 2.83. The lowest BCUT2D eigenvalue weighted by atomic mass is 9.71. The Morgan fingerprint density at radius 3 is 2.77 bits per heavy atom. The Morgan fingerprint density at radius 1 is 1.38 bits per heavy atom. The zero-order valence-corrected chi connectivity index (χ0v) is 8.88. The third kappa shape index (κ3) is 1.23. The third-order valence-electron chi connectivity index (χ3n) is 3.98. The van der Waals surface area contributed by atoms with Crippen LogP contribution in [0.15, 0.2) is 0 Å². The molecule has 2 rings (SSSR count). The van der Waals surface area contributed by atoms with E-state index >= 15 is 0 Å².